The first kappa shape index (κ1) is 10.4. The molecule has 7 nitrogen and oxygen atoms in total. The van der Waals surface area contributed by atoms with Crippen LogP contribution < -0.4 is 0 Å². The fourth-order valence-electron chi connectivity index (χ4n) is 1.76. The minimum Gasteiger partial charge on any atom is -0.335 e. The van der Waals surface area contributed by atoms with Crippen LogP contribution in [-0.2, 0) is 23.1 Å². The Morgan fingerprint density at radius 2 is 2.12 bits per heavy atom. The molecule has 0 saturated carbocycles. The van der Waals surface area contributed by atoms with Gasteiger partial charge in [-0.3, -0.25) is 0 Å². The lowest BCUT2D eigenvalue weighted by Gasteiger charge is -2.13. The first-order valence-electron chi connectivity index (χ1n) is 4.94. The minimum absolute atomic E-state index is 0.0956. The Morgan fingerprint density at radius 1 is 1.24 bits per heavy atom. The van der Waals surface area contributed by atoms with E-state index >= 15 is 0 Å². The highest BCUT2D eigenvalue weighted by Crippen LogP contribution is 2.25. The summed E-state index contributed by atoms with van der Waals surface area (Å²) in [4.78, 5) is 14.3. The van der Waals surface area contributed by atoms with Gasteiger partial charge in [-0.15, -0.1) is 0 Å². The second-order valence-corrected chi connectivity index (χ2v) is 5.59. The monoisotopic (exact) mass is 251 g/mol. The molecule has 0 fully saturated rings. The number of aromatic amines is 1. The minimum atomic E-state index is -3.52. The molecule has 1 N–H and O–H groups in total. The molecule has 0 bridgehead atoms. The number of H-pyrrole nitrogens is 1. The maximum absolute atomic E-state index is 12.2. The quantitative estimate of drug-likeness (QED) is 0.805. The molecular weight excluding hydrogens is 242 g/mol. The Kier molecular flexibility index (Phi) is 2.20. The normalized spacial score (nSPS) is 16.0. The highest BCUT2D eigenvalue weighted by molar-refractivity contribution is 7.89. The Bertz CT molecular complexity index is 612. The molecule has 0 amide bonds. The largest absolute Gasteiger partial charge is 0.335 e. The van der Waals surface area contributed by atoms with Crippen LogP contribution in [0.15, 0.2) is 30.1 Å². The molecule has 3 heterocycles. The molecule has 0 saturated heterocycles. The topological polar surface area (TPSA) is 91.8 Å². The first-order chi connectivity index (χ1) is 8.18. The van der Waals surface area contributed by atoms with Crippen LogP contribution in [-0.4, -0.2) is 32.7 Å². The van der Waals surface area contributed by atoms with Gasteiger partial charge in [0.1, 0.15) is 6.33 Å². The number of imidazole rings is 1. The highest BCUT2D eigenvalue weighted by atomic mass is 32.2. The van der Waals surface area contributed by atoms with Gasteiger partial charge in [-0.2, -0.15) is 4.31 Å². The summed E-state index contributed by atoms with van der Waals surface area (Å²) in [7, 11) is -3.52. The summed E-state index contributed by atoms with van der Waals surface area (Å²) in [5.74, 6) is 0. The highest BCUT2D eigenvalue weighted by Gasteiger charge is 2.32. The molecule has 1 aliphatic rings. The van der Waals surface area contributed by atoms with E-state index in [4.69, 9.17) is 0 Å². The number of aromatic nitrogens is 4. The molecule has 0 atom stereocenters. The van der Waals surface area contributed by atoms with E-state index in [1.807, 2.05) is 0 Å². The molecule has 0 aromatic carbocycles. The average molecular weight is 251 g/mol. The van der Waals surface area contributed by atoms with Gasteiger partial charge in [0.25, 0.3) is 10.0 Å². The van der Waals surface area contributed by atoms with Gasteiger partial charge >= 0.3 is 0 Å². The van der Waals surface area contributed by atoms with Gasteiger partial charge in [-0.25, -0.2) is 23.4 Å². The van der Waals surface area contributed by atoms with Crippen molar-refractivity contribution < 1.29 is 8.42 Å². The SMILES string of the molecule is O=S(=O)(c1cnc[nH]1)N1Cc2cncnc2C1. The number of fused-ring (bicyclic) bond motifs is 1. The van der Waals surface area contributed by atoms with E-state index in [0.717, 1.165) is 11.3 Å². The summed E-state index contributed by atoms with van der Waals surface area (Å²) in [6.07, 6.45) is 5.70. The van der Waals surface area contributed by atoms with Crippen molar-refractivity contribution in [3.05, 3.63) is 36.3 Å². The van der Waals surface area contributed by atoms with Gasteiger partial charge in [-0.05, 0) is 0 Å². The van der Waals surface area contributed by atoms with Crippen molar-refractivity contribution in [2.75, 3.05) is 0 Å². The number of nitrogens with one attached hydrogen (secondary N) is 1. The number of sulfonamides is 1. The average Bonchev–Trinajstić information content (AvgIpc) is 2.98. The molecule has 0 aliphatic carbocycles. The van der Waals surface area contributed by atoms with Gasteiger partial charge in [0.15, 0.2) is 5.03 Å². The lowest BCUT2D eigenvalue weighted by atomic mass is 10.3. The number of hydrogen-bond acceptors (Lipinski definition) is 5. The summed E-state index contributed by atoms with van der Waals surface area (Å²) in [5.41, 5.74) is 1.60. The van der Waals surface area contributed by atoms with E-state index in [0.29, 0.717) is 6.54 Å². The number of rotatable bonds is 2. The maximum atomic E-state index is 12.2. The Hall–Kier alpha value is -1.80. The zero-order valence-electron chi connectivity index (χ0n) is 8.74. The van der Waals surface area contributed by atoms with Gasteiger partial charge in [0, 0.05) is 18.3 Å². The summed E-state index contributed by atoms with van der Waals surface area (Å²) in [6.45, 7) is 0.580. The van der Waals surface area contributed by atoms with Crippen LogP contribution in [0.1, 0.15) is 11.3 Å². The van der Waals surface area contributed by atoms with E-state index in [9.17, 15) is 8.42 Å². The standard InChI is InChI=1S/C9H9N5O2S/c15-17(16,9-2-11-6-13-9)14-3-7-1-10-5-12-8(7)4-14/h1-2,5-6H,3-4H2,(H,11,13). The molecule has 0 unspecified atom stereocenters. The van der Waals surface area contributed by atoms with Crippen LogP contribution >= 0.6 is 0 Å². The molecular formula is C9H9N5O2S. The number of nitrogens with zero attached hydrogens (tertiary/aromatic N) is 4. The molecule has 88 valence electrons. The second-order valence-electron chi connectivity index (χ2n) is 3.68. The van der Waals surface area contributed by atoms with Crippen LogP contribution in [0.5, 0.6) is 0 Å². The van der Waals surface area contributed by atoms with E-state index in [2.05, 4.69) is 19.9 Å². The fourth-order valence-corrected chi connectivity index (χ4v) is 3.04. The van der Waals surface area contributed by atoms with E-state index in [1.165, 1.54) is 23.2 Å². The molecule has 1 aliphatic heterocycles. The van der Waals surface area contributed by atoms with Crippen molar-refractivity contribution in [2.24, 2.45) is 0 Å². The van der Waals surface area contributed by atoms with Gasteiger partial charge in [0.2, 0.25) is 0 Å². The van der Waals surface area contributed by atoms with Crippen LogP contribution in [0.25, 0.3) is 0 Å². The third kappa shape index (κ3) is 1.61. The fraction of sp³-hybridized carbons (Fsp3) is 0.222. The third-order valence-electron chi connectivity index (χ3n) is 2.65. The Balaban J connectivity index is 1.95. The molecule has 2 aromatic heterocycles. The molecule has 0 radical (unpaired) electrons. The summed E-state index contributed by atoms with van der Waals surface area (Å²) >= 11 is 0. The Labute approximate surface area is 97.6 Å². The predicted octanol–water partition coefficient (Wildman–Crippen LogP) is -0.0958. The summed E-state index contributed by atoms with van der Waals surface area (Å²) < 4.78 is 25.7. The predicted molar refractivity (Wildman–Crippen MR) is 57.1 cm³/mol. The van der Waals surface area contributed by atoms with Gasteiger partial charge in [-0.1, -0.05) is 0 Å². The summed E-state index contributed by atoms with van der Waals surface area (Å²) in [5, 5.41) is 0.0956. The molecule has 17 heavy (non-hydrogen) atoms. The van der Waals surface area contributed by atoms with Gasteiger partial charge in [0.05, 0.1) is 24.8 Å². The van der Waals surface area contributed by atoms with Gasteiger partial charge < -0.3 is 4.98 Å². The van der Waals surface area contributed by atoms with Crippen molar-refractivity contribution in [2.45, 2.75) is 18.1 Å². The van der Waals surface area contributed by atoms with E-state index in [1.54, 1.807) is 6.20 Å². The van der Waals surface area contributed by atoms with Crippen LogP contribution in [0.3, 0.4) is 0 Å². The molecule has 8 heteroatoms. The van der Waals surface area contributed by atoms with E-state index < -0.39 is 10.0 Å². The third-order valence-corrected chi connectivity index (χ3v) is 4.36. The second kappa shape index (κ2) is 3.60. The Morgan fingerprint density at radius 3 is 2.82 bits per heavy atom. The molecule has 3 rings (SSSR count). The summed E-state index contributed by atoms with van der Waals surface area (Å²) in [6, 6.07) is 0. The molecule has 0 spiro atoms. The van der Waals surface area contributed by atoms with Crippen molar-refractivity contribution in [3.8, 4) is 0 Å². The first-order valence-corrected chi connectivity index (χ1v) is 6.38. The lowest BCUT2D eigenvalue weighted by Crippen LogP contribution is -2.26. The number of hydrogen-bond donors (Lipinski definition) is 1. The van der Waals surface area contributed by atoms with E-state index in [-0.39, 0.29) is 11.6 Å². The lowest BCUT2D eigenvalue weighted by molar-refractivity contribution is 0.427. The van der Waals surface area contributed by atoms with Crippen LogP contribution in [0.4, 0.5) is 0 Å². The maximum Gasteiger partial charge on any atom is 0.260 e. The van der Waals surface area contributed by atoms with Crippen LogP contribution in [0, 0.1) is 0 Å². The molecule has 2 aromatic rings. The zero-order chi connectivity index (χ0) is 11.9. The van der Waals surface area contributed by atoms with Crippen molar-refractivity contribution in [1.82, 2.24) is 24.2 Å². The smallest absolute Gasteiger partial charge is 0.260 e. The van der Waals surface area contributed by atoms with Crippen molar-refractivity contribution >= 4 is 10.0 Å². The zero-order valence-corrected chi connectivity index (χ0v) is 9.55. The van der Waals surface area contributed by atoms with Crippen LogP contribution in [0.2, 0.25) is 0 Å². The van der Waals surface area contributed by atoms with Crippen molar-refractivity contribution in [1.29, 1.82) is 0 Å². The van der Waals surface area contributed by atoms with Crippen molar-refractivity contribution in [3.63, 3.8) is 0 Å².